The molecule has 26 heavy (non-hydrogen) atoms. The number of amides is 1. The zero-order valence-corrected chi connectivity index (χ0v) is 15.0. The number of hydrogen-bond donors (Lipinski definition) is 0. The Bertz CT molecular complexity index is 919. The summed E-state index contributed by atoms with van der Waals surface area (Å²) < 4.78 is 1.83. The van der Waals surface area contributed by atoms with Crippen LogP contribution in [-0.2, 0) is 13.6 Å². The first-order valence-electron chi connectivity index (χ1n) is 9.03. The van der Waals surface area contributed by atoms with Crippen molar-refractivity contribution < 1.29 is 4.79 Å². The molecule has 0 spiro atoms. The van der Waals surface area contributed by atoms with Crippen molar-refractivity contribution in [2.75, 3.05) is 26.2 Å². The minimum atomic E-state index is 0.0754. The topological polar surface area (TPSA) is 54.3 Å². The van der Waals surface area contributed by atoms with Gasteiger partial charge in [0.25, 0.3) is 5.91 Å². The molecule has 1 saturated heterocycles. The smallest absolute Gasteiger partial charge is 0.255 e. The van der Waals surface area contributed by atoms with E-state index < -0.39 is 0 Å². The molecule has 4 rings (SSSR count). The Kier molecular flexibility index (Phi) is 4.67. The van der Waals surface area contributed by atoms with Gasteiger partial charge in [-0.2, -0.15) is 5.10 Å². The van der Waals surface area contributed by atoms with Crippen LogP contribution in [0.4, 0.5) is 0 Å². The van der Waals surface area contributed by atoms with Crippen molar-refractivity contribution in [2.45, 2.75) is 13.0 Å². The van der Waals surface area contributed by atoms with Crippen molar-refractivity contribution in [3.05, 3.63) is 60.0 Å². The van der Waals surface area contributed by atoms with E-state index in [0.717, 1.165) is 50.0 Å². The van der Waals surface area contributed by atoms with Crippen molar-refractivity contribution in [2.24, 2.45) is 7.05 Å². The molecule has 1 aromatic carbocycles. The highest BCUT2D eigenvalue weighted by Gasteiger charge is 2.21. The number of carbonyl (C=O) groups excluding carboxylic acids is 1. The van der Waals surface area contributed by atoms with E-state index in [9.17, 15) is 4.79 Å². The van der Waals surface area contributed by atoms with Crippen molar-refractivity contribution >= 4 is 16.8 Å². The minimum Gasteiger partial charge on any atom is -0.337 e. The summed E-state index contributed by atoms with van der Waals surface area (Å²) in [6.45, 7) is 4.28. The molecule has 0 N–H and O–H groups in total. The van der Waals surface area contributed by atoms with Crippen LogP contribution in [0.15, 0.2) is 48.9 Å². The zero-order valence-electron chi connectivity index (χ0n) is 15.0. The lowest BCUT2D eigenvalue weighted by molar-refractivity contribution is 0.0761. The number of pyridine rings is 1. The summed E-state index contributed by atoms with van der Waals surface area (Å²) in [5.74, 6) is 0.0754. The first-order valence-corrected chi connectivity index (χ1v) is 9.03. The average molecular weight is 349 g/mol. The van der Waals surface area contributed by atoms with Crippen LogP contribution in [0.2, 0.25) is 0 Å². The van der Waals surface area contributed by atoms with E-state index >= 15 is 0 Å². The molecule has 1 amide bonds. The van der Waals surface area contributed by atoms with E-state index in [-0.39, 0.29) is 5.91 Å². The second-order valence-electron chi connectivity index (χ2n) is 6.86. The van der Waals surface area contributed by atoms with E-state index in [1.54, 1.807) is 6.20 Å². The molecule has 6 nitrogen and oxygen atoms in total. The molecule has 3 heterocycles. The van der Waals surface area contributed by atoms with E-state index in [1.807, 2.05) is 53.2 Å². The molecule has 6 heteroatoms. The van der Waals surface area contributed by atoms with Gasteiger partial charge in [-0.15, -0.1) is 0 Å². The second-order valence-corrected chi connectivity index (χ2v) is 6.86. The number of para-hydroxylation sites is 1. The molecule has 0 bridgehead atoms. The quantitative estimate of drug-likeness (QED) is 0.728. The lowest BCUT2D eigenvalue weighted by Crippen LogP contribution is -2.35. The monoisotopic (exact) mass is 349 g/mol. The molecule has 1 aliphatic rings. The van der Waals surface area contributed by atoms with Gasteiger partial charge in [0.1, 0.15) is 0 Å². The molecule has 0 unspecified atom stereocenters. The maximum Gasteiger partial charge on any atom is 0.255 e. The number of rotatable bonds is 3. The van der Waals surface area contributed by atoms with Crippen LogP contribution in [0.5, 0.6) is 0 Å². The Morgan fingerprint density at radius 3 is 2.85 bits per heavy atom. The van der Waals surface area contributed by atoms with Crippen LogP contribution in [0.3, 0.4) is 0 Å². The summed E-state index contributed by atoms with van der Waals surface area (Å²) >= 11 is 0. The van der Waals surface area contributed by atoms with Gasteiger partial charge >= 0.3 is 0 Å². The lowest BCUT2D eigenvalue weighted by atomic mass is 10.1. The molecule has 0 atom stereocenters. The molecule has 3 aromatic rings. The van der Waals surface area contributed by atoms with Crippen LogP contribution in [0.25, 0.3) is 10.9 Å². The average Bonchev–Trinajstić information content (AvgIpc) is 2.93. The fraction of sp³-hybridized carbons (Fsp3) is 0.350. The number of benzene rings is 1. The predicted octanol–water partition coefficient (Wildman–Crippen LogP) is 2.32. The standard InChI is InChI=1S/C20H23N5O/c1-23-14-16(12-22-23)15-24-7-4-8-25(10-9-24)20(26)18-11-17-5-2-3-6-19(17)21-13-18/h2-3,5-6,11-14H,4,7-10,15H2,1H3. The van der Waals surface area contributed by atoms with Crippen LogP contribution in [0.1, 0.15) is 22.3 Å². The highest BCUT2D eigenvalue weighted by Crippen LogP contribution is 2.16. The SMILES string of the molecule is Cn1cc(CN2CCCN(C(=O)c3cnc4ccccc4c3)CC2)cn1. The van der Waals surface area contributed by atoms with Gasteiger partial charge in [-0.1, -0.05) is 18.2 Å². The maximum absolute atomic E-state index is 12.9. The number of aromatic nitrogens is 3. The van der Waals surface area contributed by atoms with Crippen molar-refractivity contribution in [3.8, 4) is 0 Å². The minimum absolute atomic E-state index is 0.0754. The Hall–Kier alpha value is -2.73. The summed E-state index contributed by atoms with van der Waals surface area (Å²) in [6.07, 6.45) is 6.64. The number of hydrogen-bond acceptors (Lipinski definition) is 4. The van der Waals surface area contributed by atoms with Crippen molar-refractivity contribution in [1.82, 2.24) is 24.6 Å². The van der Waals surface area contributed by atoms with Gasteiger partial charge in [-0.05, 0) is 18.6 Å². The van der Waals surface area contributed by atoms with Gasteiger partial charge in [0, 0.05) is 63.1 Å². The molecule has 0 aliphatic carbocycles. The largest absolute Gasteiger partial charge is 0.337 e. The Balaban J connectivity index is 1.43. The molecular formula is C20H23N5O. The predicted molar refractivity (Wildman–Crippen MR) is 101 cm³/mol. The molecule has 1 aliphatic heterocycles. The number of fused-ring (bicyclic) bond motifs is 1. The van der Waals surface area contributed by atoms with Gasteiger partial charge in [0.2, 0.25) is 0 Å². The number of aryl methyl sites for hydroxylation is 1. The van der Waals surface area contributed by atoms with Gasteiger partial charge in [0.05, 0.1) is 17.3 Å². The Morgan fingerprint density at radius 2 is 2.00 bits per heavy atom. The fourth-order valence-corrected chi connectivity index (χ4v) is 3.51. The first-order chi connectivity index (χ1) is 12.7. The highest BCUT2D eigenvalue weighted by molar-refractivity contribution is 5.97. The van der Waals surface area contributed by atoms with Gasteiger partial charge in [-0.25, -0.2) is 0 Å². The van der Waals surface area contributed by atoms with Crippen LogP contribution in [0, 0.1) is 0 Å². The van der Waals surface area contributed by atoms with Gasteiger partial charge in [-0.3, -0.25) is 19.4 Å². The maximum atomic E-state index is 12.9. The molecule has 0 radical (unpaired) electrons. The second kappa shape index (κ2) is 7.25. The highest BCUT2D eigenvalue weighted by atomic mass is 16.2. The Labute approximate surface area is 153 Å². The number of nitrogens with zero attached hydrogens (tertiary/aromatic N) is 5. The van der Waals surface area contributed by atoms with E-state index in [0.29, 0.717) is 5.56 Å². The molecular weight excluding hydrogens is 326 g/mol. The molecule has 1 fully saturated rings. The van der Waals surface area contributed by atoms with Crippen LogP contribution in [-0.4, -0.2) is 56.7 Å². The van der Waals surface area contributed by atoms with Crippen molar-refractivity contribution in [1.29, 1.82) is 0 Å². The van der Waals surface area contributed by atoms with E-state index in [1.165, 1.54) is 5.56 Å². The first kappa shape index (κ1) is 16.7. The Morgan fingerprint density at radius 1 is 1.12 bits per heavy atom. The number of carbonyl (C=O) groups is 1. The summed E-state index contributed by atoms with van der Waals surface area (Å²) in [7, 11) is 1.93. The zero-order chi connectivity index (χ0) is 17.9. The fourth-order valence-electron chi connectivity index (χ4n) is 3.51. The third-order valence-electron chi connectivity index (χ3n) is 4.88. The molecule has 134 valence electrons. The lowest BCUT2D eigenvalue weighted by Gasteiger charge is -2.21. The normalized spacial score (nSPS) is 16.0. The van der Waals surface area contributed by atoms with E-state index in [4.69, 9.17) is 0 Å². The summed E-state index contributed by atoms with van der Waals surface area (Å²) in [6, 6.07) is 9.84. The van der Waals surface area contributed by atoms with Crippen LogP contribution >= 0.6 is 0 Å². The molecule has 2 aromatic heterocycles. The molecule has 0 saturated carbocycles. The third kappa shape index (κ3) is 3.60. The van der Waals surface area contributed by atoms with Gasteiger partial charge < -0.3 is 4.90 Å². The summed E-state index contributed by atoms with van der Waals surface area (Å²) in [5, 5.41) is 5.24. The third-order valence-corrected chi connectivity index (χ3v) is 4.88. The van der Waals surface area contributed by atoms with Gasteiger partial charge in [0.15, 0.2) is 0 Å². The summed E-state index contributed by atoms with van der Waals surface area (Å²) in [4.78, 5) is 21.7. The summed E-state index contributed by atoms with van der Waals surface area (Å²) in [5.41, 5.74) is 2.80. The van der Waals surface area contributed by atoms with Crippen molar-refractivity contribution in [3.63, 3.8) is 0 Å². The van der Waals surface area contributed by atoms with Crippen LogP contribution < -0.4 is 0 Å². The van der Waals surface area contributed by atoms with E-state index in [2.05, 4.69) is 21.2 Å².